The highest BCUT2D eigenvalue weighted by Gasteiger charge is 2.46. The molecule has 1 saturated carbocycles. The van der Waals surface area contributed by atoms with Crippen molar-refractivity contribution in [2.75, 3.05) is 0 Å². The molecule has 1 aromatic rings. The Labute approximate surface area is 159 Å². The van der Waals surface area contributed by atoms with Crippen molar-refractivity contribution in [3.63, 3.8) is 0 Å². The maximum Gasteiger partial charge on any atom is 0.238 e. The lowest BCUT2D eigenvalue weighted by molar-refractivity contribution is -0.129. The van der Waals surface area contributed by atoms with E-state index in [9.17, 15) is 18.0 Å². The van der Waals surface area contributed by atoms with Crippen molar-refractivity contribution in [3.05, 3.63) is 24.2 Å². The van der Waals surface area contributed by atoms with E-state index < -0.39 is 39.2 Å². The molecule has 2 heterocycles. The second-order valence-corrected chi connectivity index (χ2v) is 9.90. The Morgan fingerprint density at radius 3 is 2.63 bits per heavy atom. The van der Waals surface area contributed by atoms with Gasteiger partial charge in [-0.25, -0.2) is 8.42 Å². The predicted octanol–water partition coefficient (Wildman–Crippen LogP) is 2.00. The highest BCUT2D eigenvalue weighted by atomic mass is 32.2. The van der Waals surface area contributed by atoms with E-state index in [0.717, 1.165) is 25.7 Å². The van der Waals surface area contributed by atoms with Gasteiger partial charge in [0.15, 0.2) is 15.6 Å². The summed E-state index contributed by atoms with van der Waals surface area (Å²) in [7, 11) is -3.75. The summed E-state index contributed by atoms with van der Waals surface area (Å²) >= 11 is 0. The number of sulfone groups is 1. The maximum atomic E-state index is 12.8. The van der Waals surface area contributed by atoms with Crippen molar-refractivity contribution in [3.8, 4) is 0 Å². The third-order valence-electron chi connectivity index (χ3n) is 5.62. The lowest BCUT2D eigenvalue weighted by Crippen LogP contribution is -2.49. The fraction of sp³-hybridized carbons (Fsp3) is 0.684. The van der Waals surface area contributed by atoms with Crippen molar-refractivity contribution < 1.29 is 27.2 Å². The van der Waals surface area contributed by atoms with Crippen LogP contribution in [0.25, 0.3) is 0 Å². The normalized spacial score (nSPS) is 28.2. The summed E-state index contributed by atoms with van der Waals surface area (Å²) in [4.78, 5) is 25.3. The highest BCUT2D eigenvalue weighted by Crippen LogP contribution is 2.33. The molecule has 1 aromatic heterocycles. The zero-order chi connectivity index (χ0) is 19.6. The summed E-state index contributed by atoms with van der Waals surface area (Å²) in [6, 6.07) is 2.34. The number of hydrogen-bond acceptors (Lipinski definition) is 6. The summed E-state index contributed by atoms with van der Waals surface area (Å²) in [5.74, 6) is -0.710. The van der Waals surface area contributed by atoms with Gasteiger partial charge in [-0.2, -0.15) is 0 Å². The van der Waals surface area contributed by atoms with Gasteiger partial charge in [0, 0.05) is 0 Å². The Morgan fingerprint density at radius 1 is 1.30 bits per heavy atom. The molecule has 2 aliphatic rings. The number of furan rings is 1. The number of carbonyl (C=O) groups excluding carboxylic acids is 2. The van der Waals surface area contributed by atoms with E-state index in [-0.39, 0.29) is 23.2 Å². The van der Waals surface area contributed by atoms with E-state index in [1.807, 2.05) is 0 Å². The smallest absolute Gasteiger partial charge is 0.238 e. The number of hydrogen-bond donors (Lipinski definition) is 1. The van der Waals surface area contributed by atoms with Crippen molar-refractivity contribution in [2.45, 2.75) is 75.2 Å². The van der Waals surface area contributed by atoms with E-state index in [1.165, 1.54) is 19.6 Å². The van der Waals surface area contributed by atoms with Crippen LogP contribution >= 0.6 is 0 Å². The zero-order valence-electron chi connectivity index (χ0n) is 15.7. The van der Waals surface area contributed by atoms with Crippen molar-refractivity contribution in [2.24, 2.45) is 5.92 Å². The first-order valence-electron chi connectivity index (χ1n) is 9.53. The van der Waals surface area contributed by atoms with Crippen molar-refractivity contribution in [1.82, 2.24) is 5.32 Å². The van der Waals surface area contributed by atoms with Crippen LogP contribution < -0.4 is 5.32 Å². The molecule has 1 aliphatic carbocycles. The molecule has 1 aliphatic heterocycles. The van der Waals surface area contributed by atoms with E-state index >= 15 is 0 Å². The number of carbonyl (C=O) groups is 2. The molecule has 0 bridgehead atoms. The van der Waals surface area contributed by atoms with Crippen LogP contribution in [0.15, 0.2) is 22.8 Å². The van der Waals surface area contributed by atoms with Gasteiger partial charge in [0.05, 0.1) is 12.4 Å². The molecule has 0 spiro atoms. The molecule has 4 atom stereocenters. The summed E-state index contributed by atoms with van der Waals surface area (Å²) in [5, 5.41) is 1.33. The van der Waals surface area contributed by atoms with Crippen molar-refractivity contribution >= 4 is 21.5 Å². The minimum atomic E-state index is -3.75. The van der Waals surface area contributed by atoms with Crippen LogP contribution in [-0.4, -0.2) is 43.6 Å². The molecule has 1 N–H and O–H groups in total. The summed E-state index contributed by atoms with van der Waals surface area (Å²) < 4.78 is 35.8. The summed E-state index contributed by atoms with van der Waals surface area (Å²) in [6.07, 6.45) is 5.69. The molecular formula is C19H27NO6S. The standard InChI is InChI=1S/C19H27NO6S/c1-12-16(17(21)18(26-12)14-7-4-3-5-8-14)20-19(22)13(2)27(23,24)11-15-9-6-10-25-15/h6,9-10,12-14,16,18H,3-5,7-8,11H2,1-2H3,(H,20,22)/t12?,13-,16-,18?/m0/s1. The predicted molar refractivity (Wildman–Crippen MR) is 98.6 cm³/mol. The van der Waals surface area contributed by atoms with Gasteiger partial charge in [-0.15, -0.1) is 0 Å². The zero-order valence-corrected chi connectivity index (χ0v) is 16.5. The van der Waals surface area contributed by atoms with E-state index in [0.29, 0.717) is 0 Å². The fourth-order valence-electron chi connectivity index (χ4n) is 3.91. The maximum absolute atomic E-state index is 12.8. The molecule has 2 unspecified atom stereocenters. The number of amides is 1. The number of ketones is 1. The minimum absolute atomic E-state index is 0.140. The van der Waals surface area contributed by atoms with Gasteiger partial charge >= 0.3 is 0 Å². The Bertz CT molecular complexity index is 766. The first kappa shape index (κ1) is 20.1. The van der Waals surface area contributed by atoms with Gasteiger partial charge in [-0.05, 0) is 44.7 Å². The minimum Gasteiger partial charge on any atom is -0.468 e. The molecule has 1 saturated heterocycles. The van der Waals surface area contributed by atoms with Crippen molar-refractivity contribution in [1.29, 1.82) is 0 Å². The van der Waals surface area contributed by atoms with Crippen LogP contribution in [0.5, 0.6) is 0 Å². The van der Waals surface area contributed by atoms with E-state index in [1.54, 1.807) is 19.1 Å². The highest BCUT2D eigenvalue weighted by molar-refractivity contribution is 7.92. The van der Waals surface area contributed by atoms with Gasteiger partial charge in [-0.3, -0.25) is 9.59 Å². The molecule has 27 heavy (non-hydrogen) atoms. The molecule has 150 valence electrons. The first-order chi connectivity index (χ1) is 12.8. The topological polar surface area (TPSA) is 103 Å². The number of ether oxygens (including phenoxy) is 1. The lowest BCUT2D eigenvalue weighted by atomic mass is 9.83. The number of Topliss-reactive ketones (excluding diaryl/α,β-unsaturated/α-hetero) is 1. The van der Waals surface area contributed by atoms with Gasteiger partial charge in [-0.1, -0.05) is 19.3 Å². The largest absolute Gasteiger partial charge is 0.468 e. The fourth-order valence-corrected chi connectivity index (χ4v) is 5.11. The Morgan fingerprint density at radius 2 is 2.00 bits per heavy atom. The average molecular weight is 397 g/mol. The number of nitrogens with one attached hydrogen (secondary N) is 1. The Balaban J connectivity index is 1.63. The molecule has 3 rings (SSSR count). The van der Waals surface area contributed by atoms with Gasteiger partial charge in [0.2, 0.25) is 5.91 Å². The first-order valence-corrected chi connectivity index (χ1v) is 11.2. The summed E-state index contributed by atoms with van der Waals surface area (Å²) in [5.41, 5.74) is 0. The van der Waals surface area contributed by atoms with Gasteiger partial charge in [0.1, 0.15) is 28.9 Å². The average Bonchev–Trinajstić information content (AvgIpc) is 3.24. The SMILES string of the molecule is CC1OC(C2CCCCC2)C(=O)[C@H]1NC(=O)[C@H](C)S(=O)(=O)Cc1ccco1. The van der Waals surface area contributed by atoms with Crippen LogP contribution in [0.3, 0.4) is 0 Å². The van der Waals surface area contributed by atoms with Crippen LogP contribution in [-0.2, 0) is 29.9 Å². The Hall–Kier alpha value is -1.67. The Kier molecular flexibility index (Phi) is 6.05. The van der Waals surface area contributed by atoms with Gasteiger partial charge < -0.3 is 14.5 Å². The third-order valence-corrected chi connectivity index (χ3v) is 7.60. The molecule has 2 fully saturated rings. The molecule has 0 radical (unpaired) electrons. The van der Waals surface area contributed by atoms with E-state index in [2.05, 4.69) is 5.32 Å². The van der Waals surface area contributed by atoms with Crippen LogP contribution in [0.4, 0.5) is 0 Å². The molecule has 0 aromatic carbocycles. The second kappa shape index (κ2) is 8.14. The lowest BCUT2D eigenvalue weighted by Gasteiger charge is -2.25. The molecule has 1 amide bonds. The molecular weight excluding hydrogens is 370 g/mol. The second-order valence-electron chi connectivity index (χ2n) is 7.58. The number of rotatable bonds is 6. The quantitative estimate of drug-likeness (QED) is 0.788. The van der Waals surface area contributed by atoms with Gasteiger partial charge in [0.25, 0.3) is 0 Å². The van der Waals surface area contributed by atoms with Crippen LogP contribution in [0.1, 0.15) is 51.7 Å². The molecule has 8 heteroatoms. The monoisotopic (exact) mass is 397 g/mol. The van der Waals surface area contributed by atoms with E-state index in [4.69, 9.17) is 9.15 Å². The van der Waals surface area contributed by atoms with Crippen LogP contribution in [0.2, 0.25) is 0 Å². The summed E-state index contributed by atoms with van der Waals surface area (Å²) in [6.45, 7) is 3.07. The molecule has 7 nitrogen and oxygen atoms in total. The van der Waals surface area contributed by atoms with Crippen LogP contribution in [0, 0.1) is 5.92 Å². The third kappa shape index (κ3) is 4.43.